The largest absolute Gasteiger partial charge is 0.347 e. The van der Waals surface area contributed by atoms with Crippen molar-refractivity contribution in [3.05, 3.63) is 77.3 Å². The maximum absolute atomic E-state index is 12.5. The number of pyridine rings is 1. The standard InChI is InChI=1S/C19H18ClN3O/c1-2-23-13-16(15-5-7-17(20)8-6-15)10-18(23)19(24)22-12-14-4-3-9-21-11-14/h3-11,13H,2,12H2,1H3,(H,22,24). The minimum absolute atomic E-state index is 0.0964. The fourth-order valence-corrected chi connectivity index (χ4v) is 2.66. The van der Waals surface area contributed by atoms with Crippen LogP contribution < -0.4 is 5.32 Å². The number of halogens is 1. The molecule has 1 amide bonds. The van der Waals surface area contributed by atoms with E-state index in [2.05, 4.69) is 10.3 Å². The van der Waals surface area contributed by atoms with Crippen molar-refractivity contribution in [1.29, 1.82) is 0 Å². The van der Waals surface area contributed by atoms with Gasteiger partial charge in [0, 0.05) is 42.3 Å². The van der Waals surface area contributed by atoms with Crippen LogP contribution in [0.15, 0.2) is 61.1 Å². The summed E-state index contributed by atoms with van der Waals surface area (Å²) in [7, 11) is 0. The third-order valence-electron chi connectivity index (χ3n) is 3.82. The molecule has 24 heavy (non-hydrogen) atoms. The molecule has 1 N–H and O–H groups in total. The monoisotopic (exact) mass is 339 g/mol. The van der Waals surface area contributed by atoms with Gasteiger partial charge in [-0.1, -0.05) is 29.8 Å². The minimum atomic E-state index is -0.0964. The first-order valence-electron chi connectivity index (χ1n) is 7.80. The van der Waals surface area contributed by atoms with Gasteiger partial charge in [-0.2, -0.15) is 0 Å². The second-order valence-electron chi connectivity index (χ2n) is 5.45. The summed E-state index contributed by atoms with van der Waals surface area (Å²) in [6.45, 7) is 3.20. The lowest BCUT2D eigenvalue weighted by Crippen LogP contribution is -2.25. The topological polar surface area (TPSA) is 46.9 Å². The first-order chi connectivity index (χ1) is 11.7. The van der Waals surface area contributed by atoms with Gasteiger partial charge in [-0.15, -0.1) is 0 Å². The Morgan fingerprint density at radius 2 is 2.00 bits per heavy atom. The molecule has 0 aliphatic heterocycles. The molecule has 0 saturated heterocycles. The Hall–Kier alpha value is -2.59. The smallest absolute Gasteiger partial charge is 0.268 e. The molecule has 0 unspecified atom stereocenters. The van der Waals surface area contributed by atoms with Gasteiger partial charge in [0.05, 0.1) is 0 Å². The fraction of sp³-hybridized carbons (Fsp3) is 0.158. The van der Waals surface area contributed by atoms with Crippen LogP contribution >= 0.6 is 11.6 Å². The predicted octanol–water partition coefficient (Wildman–Crippen LogP) is 4.15. The van der Waals surface area contributed by atoms with Crippen molar-refractivity contribution in [3.63, 3.8) is 0 Å². The van der Waals surface area contributed by atoms with Crippen molar-refractivity contribution >= 4 is 17.5 Å². The van der Waals surface area contributed by atoms with Crippen molar-refractivity contribution in [1.82, 2.24) is 14.9 Å². The number of carbonyl (C=O) groups excluding carboxylic acids is 1. The van der Waals surface area contributed by atoms with E-state index in [0.717, 1.165) is 23.2 Å². The van der Waals surface area contributed by atoms with Crippen LogP contribution in [0.3, 0.4) is 0 Å². The predicted molar refractivity (Wildman–Crippen MR) is 96.0 cm³/mol. The number of aryl methyl sites for hydroxylation is 1. The maximum atomic E-state index is 12.5. The Kier molecular flexibility index (Phi) is 4.96. The van der Waals surface area contributed by atoms with E-state index in [-0.39, 0.29) is 5.91 Å². The van der Waals surface area contributed by atoms with E-state index in [4.69, 9.17) is 11.6 Å². The number of carbonyl (C=O) groups is 1. The summed E-state index contributed by atoms with van der Waals surface area (Å²) < 4.78 is 1.95. The van der Waals surface area contributed by atoms with E-state index in [1.807, 2.05) is 60.2 Å². The van der Waals surface area contributed by atoms with Crippen LogP contribution in [0.1, 0.15) is 23.0 Å². The molecular formula is C19H18ClN3O. The van der Waals surface area contributed by atoms with E-state index >= 15 is 0 Å². The highest BCUT2D eigenvalue weighted by Gasteiger charge is 2.13. The number of rotatable bonds is 5. The Bertz CT molecular complexity index is 826. The Labute approximate surface area is 146 Å². The van der Waals surface area contributed by atoms with Gasteiger partial charge < -0.3 is 9.88 Å². The molecule has 0 fully saturated rings. The number of hydrogen-bond acceptors (Lipinski definition) is 2. The first kappa shape index (κ1) is 16.3. The first-order valence-corrected chi connectivity index (χ1v) is 8.18. The molecule has 0 radical (unpaired) electrons. The van der Waals surface area contributed by atoms with Gasteiger partial charge in [0.15, 0.2) is 0 Å². The Morgan fingerprint density at radius 3 is 2.67 bits per heavy atom. The van der Waals surface area contributed by atoms with Crippen molar-refractivity contribution in [2.45, 2.75) is 20.0 Å². The van der Waals surface area contributed by atoms with Crippen molar-refractivity contribution < 1.29 is 4.79 Å². The molecule has 0 spiro atoms. The molecule has 4 nitrogen and oxygen atoms in total. The van der Waals surface area contributed by atoms with Gasteiger partial charge in [-0.25, -0.2) is 0 Å². The second-order valence-corrected chi connectivity index (χ2v) is 5.89. The molecule has 0 saturated carbocycles. The zero-order valence-electron chi connectivity index (χ0n) is 13.4. The van der Waals surface area contributed by atoms with Gasteiger partial charge >= 0.3 is 0 Å². The average molecular weight is 340 g/mol. The SMILES string of the molecule is CCn1cc(-c2ccc(Cl)cc2)cc1C(=O)NCc1cccnc1. The van der Waals surface area contributed by atoms with Crippen LogP contribution in [0.5, 0.6) is 0 Å². The summed E-state index contributed by atoms with van der Waals surface area (Å²) in [5, 5.41) is 3.64. The van der Waals surface area contributed by atoms with Crippen LogP contribution in [0, 0.1) is 0 Å². The Morgan fingerprint density at radius 1 is 1.21 bits per heavy atom. The van der Waals surface area contributed by atoms with Crippen LogP contribution in [-0.4, -0.2) is 15.5 Å². The summed E-state index contributed by atoms with van der Waals surface area (Å²) in [5.41, 5.74) is 3.65. The van der Waals surface area contributed by atoms with Crippen LogP contribution in [0.4, 0.5) is 0 Å². The summed E-state index contributed by atoms with van der Waals surface area (Å²) >= 11 is 5.94. The van der Waals surface area contributed by atoms with E-state index in [1.54, 1.807) is 12.4 Å². The van der Waals surface area contributed by atoms with E-state index in [1.165, 1.54) is 0 Å². The minimum Gasteiger partial charge on any atom is -0.347 e. The number of benzene rings is 1. The number of nitrogens with zero attached hydrogens (tertiary/aromatic N) is 2. The van der Waals surface area contributed by atoms with E-state index < -0.39 is 0 Å². The average Bonchev–Trinajstić information content (AvgIpc) is 3.05. The third-order valence-corrected chi connectivity index (χ3v) is 4.08. The third kappa shape index (κ3) is 3.66. The molecule has 3 rings (SSSR count). The van der Waals surface area contributed by atoms with Crippen LogP contribution in [0.25, 0.3) is 11.1 Å². The summed E-state index contributed by atoms with van der Waals surface area (Å²) in [6.07, 6.45) is 5.45. The summed E-state index contributed by atoms with van der Waals surface area (Å²) in [6, 6.07) is 13.3. The second kappa shape index (κ2) is 7.32. The number of aromatic nitrogens is 2. The maximum Gasteiger partial charge on any atom is 0.268 e. The highest BCUT2D eigenvalue weighted by Crippen LogP contribution is 2.24. The molecule has 122 valence electrons. The normalized spacial score (nSPS) is 10.6. The van der Waals surface area contributed by atoms with Gasteiger partial charge in [0.1, 0.15) is 5.69 Å². The number of nitrogens with one attached hydrogen (secondary N) is 1. The lowest BCUT2D eigenvalue weighted by Gasteiger charge is -2.07. The summed E-state index contributed by atoms with van der Waals surface area (Å²) in [5.74, 6) is -0.0964. The van der Waals surface area contributed by atoms with E-state index in [0.29, 0.717) is 17.3 Å². The van der Waals surface area contributed by atoms with E-state index in [9.17, 15) is 4.79 Å². The molecule has 0 bridgehead atoms. The molecule has 5 heteroatoms. The molecule has 2 aromatic heterocycles. The molecule has 1 aromatic carbocycles. The van der Waals surface area contributed by atoms with Gasteiger partial charge in [0.25, 0.3) is 5.91 Å². The van der Waals surface area contributed by atoms with Gasteiger partial charge in [-0.3, -0.25) is 9.78 Å². The molecular weight excluding hydrogens is 322 g/mol. The highest BCUT2D eigenvalue weighted by atomic mass is 35.5. The van der Waals surface area contributed by atoms with Gasteiger partial charge in [0.2, 0.25) is 0 Å². The molecule has 0 aliphatic carbocycles. The zero-order chi connectivity index (χ0) is 16.9. The van der Waals surface area contributed by atoms with Crippen molar-refractivity contribution in [3.8, 4) is 11.1 Å². The van der Waals surface area contributed by atoms with Crippen molar-refractivity contribution in [2.24, 2.45) is 0 Å². The van der Waals surface area contributed by atoms with Crippen molar-refractivity contribution in [2.75, 3.05) is 0 Å². The molecule has 2 heterocycles. The lowest BCUT2D eigenvalue weighted by atomic mass is 10.1. The summed E-state index contributed by atoms with van der Waals surface area (Å²) in [4.78, 5) is 16.6. The Balaban J connectivity index is 1.79. The molecule has 0 aliphatic rings. The number of hydrogen-bond donors (Lipinski definition) is 1. The number of amides is 1. The fourth-order valence-electron chi connectivity index (χ4n) is 2.54. The molecule has 3 aromatic rings. The zero-order valence-corrected chi connectivity index (χ0v) is 14.1. The van der Waals surface area contributed by atoms with Gasteiger partial charge in [-0.05, 0) is 42.3 Å². The van der Waals surface area contributed by atoms with Crippen LogP contribution in [-0.2, 0) is 13.1 Å². The lowest BCUT2D eigenvalue weighted by molar-refractivity contribution is 0.0941. The quantitative estimate of drug-likeness (QED) is 0.759. The van der Waals surface area contributed by atoms with Crippen LogP contribution in [0.2, 0.25) is 5.02 Å². The highest BCUT2D eigenvalue weighted by molar-refractivity contribution is 6.30. The molecule has 0 atom stereocenters.